The minimum atomic E-state index is 0.796. The predicted octanol–water partition coefficient (Wildman–Crippen LogP) is 1.92. The molecule has 0 amide bonds. The third-order valence-electron chi connectivity index (χ3n) is 4.26. The van der Waals surface area contributed by atoms with Crippen molar-refractivity contribution in [2.24, 2.45) is 4.99 Å². The number of benzene rings is 1. The highest BCUT2D eigenvalue weighted by atomic mass is 15.3. The van der Waals surface area contributed by atoms with Gasteiger partial charge in [-0.15, -0.1) is 10.2 Å². The number of hydrogen-bond acceptors (Lipinski definition) is 4. The van der Waals surface area contributed by atoms with Crippen LogP contribution >= 0.6 is 0 Å². The molecule has 0 saturated heterocycles. The molecule has 0 fully saturated rings. The van der Waals surface area contributed by atoms with Gasteiger partial charge in [0.2, 0.25) is 0 Å². The summed E-state index contributed by atoms with van der Waals surface area (Å²) >= 11 is 0. The second kappa shape index (κ2) is 12.1. The largest absolute Gasteiger partial charge is 0.357 e. The summed E-state index contributed by atoms with van der Waals surface area (Å²) in [6, 6.07) is 10.6. The average molecular weight is 372 g/mol. The van der Waals surface area contributed by atoms with E-state index >= 15 is 0 Å². The molecule has 0 spiro atoms. The summed E-state index contributed by atoms with van der Waals surface area (Å²) in [5.74, 6) is 1.88. The average Bonchev–Trinajstić information content (AvgIpc) is 3.13. The summed E-state index contributed by atoms with van der Waals surface area (Å²) in [5.41, 5.74) is 1.35. The molecule has 0 unspecified atom stereocenters. The topological polar surface area (TPSA) is 70.4 Å². The molecule has 2 N–H and O–H groups in total. The van der Waals surface area contributed by atoms with Crippen LogP contribution in [-0.4, -0.2) is 58.9 Å². The van der Waals surface area contributed by atoms with Gasteiger partial charge in [0, 0.05) is 39.1 Å². The van der Waals surface area contributed by atoms with Gasteiger partial charge in [-0.25, -0.2) is 0 Å². The predicted molar refractivity (Wildman–Crippen MR) is 111 cm³/mol. The summed E-state index contributed by atoms with van der Waals surface area (Å²) in [6.07, 6.45) is 3.71. The van der Waals surface area contributed by atoms with Crippen molar-refractivity contribution in [3.05, 3.63) is 48.0 Å². The Hall–Kier alpha value is -2.41. The van der Waals surface area contributed by atoms with Crippen LogP contribution in [0.4, 0.5) is 0 Å². The first-order chi connectivity index (χ1) is 13.2. The van der Waals surface area contributed by atoms with Crippen molar-refractivity contribution in [3.8, 4) is 0 Å². The lowest BCUT2D eigenvalue weighted by molar-refractivity contribution is 0.324. The van der Waals surface area contributed by atoms with Gasteiger partial charge < -0.3 is 20.1 Å². The normalized spacial score (nSPS) is 11.8. The molecule has 148 valence electrons. The molecule has 1 heterocycles. The third-order valence-corrected chi connectivity index (χ3v) is 4.26. The van der Waals surface area contributed by atoms with Gasteiger partial charge in [0.15, 0.2) is 5.96 Å². The smallest absolute Gasteiger partial charge is 0.191 e. The maximum Gasteiger partial charge on any atom is 0.191 e. The molecule has 0 saturated carbocycles. The number of aryl methyl sites for hydroxylation is 1. The van der Waals surface area contributed by atoms with E-state index in [1.807, 2.05) is 0 Å². The van der Waals surface area contributed by atoms with Crippen LogP contribution < -0.4 is 10.6 Å². The molecule has 7 heteroatoms. The van der Waals surface area contributed by atoms with Crippen LogP contribution in [-0.2, 0) is 19.5 Å². The van der Waals surface area contributed by atoms with E-state index in [1.54, 1.807) is 6.33 Å². The van der Waals surface area contributed by atoms with Crippen LogP contribution in [0.1, 0.15) is 31.7 Å². The van der Waals surface area contributed by atoms with Crippen LogP contribution in [0.15, 0.2) is 41.7 Å². The Morgan fingerprint density at radius 2 is 2.00 bits per heavy atom. The molecule has 1 aromatic heterocycles. The van der Waals surface area contributed by atoms with Crippen LogP contribution in [0.25, 0.3) is 0 Å². The van der Waals surface area contributed by atoms with Crippen molar-refractivity contribution < 1.29 is 0 Å². The lowest BCUT2D eigenvalue weighted by Gasteiger charge is -2.16. The molecule has 0 aliphatic carbocycles. The maximum atomic E-state index is 4.68. The van der Waals surface area contributed by atoms with Crippen molar-refractivity contribution in [2.45, 2.75) is 39.8 Å². The highest BCUT2D eigenvalue weighted by Gasteiger charge is 2.03. The summed E-state index contributed by atoms with van der Waals surface area (Å²) in [5, 5.41) is 14.8. The summed E-state index contributed by atoms with van der Waals surface area (Å²) in [4.78, 5) is 7.02. The molecule has 0 aliphatic heterocycles. The summed E-state index contributed by atoms with van der Waals surface area (Å²) < 4.78 is 2.08. The standard InChI is InChI=1S/C20H33N7/c1-4-19-25-24-17-27(19)15-13-23-20(21-5-2)22-12-9-14-26(3)16-18-10-7-6-8-11-18/h6-8,10-11,17H,4-5,9,12-16H2,1-3H3,(H2,21,22,23). The molecule has 0 bridgehead atoms. The molecule has 7 nitrogen and oxygen atoms in total. The van der Waals surface area contributed by atoms with Crippen molar-refractivity contribution in [2.75, 3.05) is 33.2 Å². The summed E-state index contributed by atoms with van der Waals surface area (Å²) in [7, 11) is 2.16. The first-order valence-corrected chi connectivity index (χ1v) is 9.84. The molecular weight excluding hydrogens is 338 g/mol. The Bertz CT molecular complexity index is 666. The maximum absolute atomic E-state index is 4.68. The number of aliphatic imine (C=N–C) groups is 1. The van der Waals surface area contributed by atoms with Crippen molar-refractivity contribution >= 4 is 5.96 Å². The van der Waals surface area contributed by atoms with E-state index in [1.165, 1.54) is 5.56 Å². The lowest BCUT2D eigenvalue weighted by Crippen LogP contribution is -2.39. The number of rotatable bonds is 11. The molecule has 0 radical (unpaired) electrons. The van der Waals surface area contributed by atoms with Crippen molar-refractivity contribution in [1.82, 2.24) is 30.3 Å². The molecule has 2 rings (SSSR count). The number of nitrogens with one attached hydrogen (secondary N) is 2. The Morgan fingerprint density at radius 3 is 2.74 bits per heavy atom. The Morgan fingerprint density at radius 1 is 1.19 bits per heavy atom. The second-order valence-electron chi connectivity index (χ2n) is 6.56. The SMILES string of the molecule is CCNC(=NCCCN(C)Cc1ccccc1)NCCn1cnnc1CC. The van der Waals surface area contributed by atoms with E-state index in [0.29, 0.717) is 0 Å². The Labute approximate surface area is 162 Å². The number of nitrogens with zero attached hydrogens (tertiary/aromatic N) is 5. The van der Waals surface area contributed by atoms with E-state index in [-0.39, 0.29) is 0 Å². The van der Waals surface area contributed by atoms with Gasteiger partial charge in [-0.2, -0.15) is 0 Å². The first kappa shape index (κ1) is 20.9. The molecule has 27 heavy (non-hydrogen) atoms. The van der Waals surface area contributed by atoms with E-state index in [2.05, 4.69) is 86.5 Å². The highest BCUT2D eigenvalue weighted by molar-refractivity contribution is 5.79. The fourth-order valence-corrected chi connectivity index (χ4v) is 2.88. The zero-order valence-electron chi connectivity index (χ0n) is 16.9. The van der Waals surface area contributed by atoms with Gasteiger partial charge in [-0.05, 0) is 32.5 Å². The molecule has 0 atom stereocenters. The van der Waals surface area contributed by atoms with E-state index in [0.717, 1.165) is 63.9 Å². The van der Waals surface area contributed by atoms with Gasteiger partial charge in [0.25, 0.3) is 0 Å². The quantitative estimate of drug-likeness (QED) is 0.359. The first-order valence-electron chi connectivity index (χ1n) is 9.84. The van der Waals surface area contributed by atoms with Gasteiger partial charge in [0.1, 0.15) is 12.2 Å². The van der Waals surface area contributed by atoms with E-state index < -0.39 is 0 Å². The summed E-state index contributed by atoms with van der Waals surface area (Å²) in [6.45, 7) is 9.47. The fraction of sp³-hybridized carbons (Fsp3) is 0.550. The van der Waals surface area contributed by atoms with Gasteiger partial charge in [0.05, 0.1) is 0 Å². The van der Waals surface area contributed by atoms with Gasteiger partial charge in [-0.3, -0.25) is 4.99 Å². The molecular formula is C20H33N7. The molecule has 0 aliphatic rings. The second-order valence-corrected chi connectivity index (χ2v) is 6.56. The van der Waals surface area contributed by atoms with E-state index in [9.17, 15) is 0 Å². The zero-order chi connectivity index (χ0) is 19.3. The van der Waals surface area contributed by atoms with Gasteiger partial charge >= 0.3 is 0 Å². The Balaban J connectivity index is 1.69. The number of hydrogen-bond donors (Lipinski definition) is 2. The van der Waals surface area contributed by atoms with Crippen LogP contribution in [0.3, 0.4) is 0 Å². The van der Waals surface area contributed by atoms with Crippen LogP contribution in [0, 0.1) is 0 Å². The fourth-order valence-electron chi connectivity index (χ4n) is 2.88. The Kier molecular flexibility index (Phi) is 9.34. The minimum Gasteiger partial charge on any atom is -0.357 e. The monoisotopic (exact) mass is 371 g/mol. The van der Waals surface area contributed by atoms with E-state index in [4.69, 9.17) is 0 Å². The number of aromatic nitrogens is 3. The zero-order valence-corrected chi connectivity index (χ0v) is 16.9. The minimum absolute atomic E-state index is 0.796. The lowest BCUT2D eigenvalue weighted by atomic mass is 10.2. The van der Waals surface area contributed by atoms with Gasteiger partial charge in [-0.1, -0.05) is 37.3 Å². The van der Waals surface area contributed by atoms with Crippen molar-refractivity contribution in [1.29, 1.82) is 0 Å². The third kappa shape index (κ3) is 7.78. The highest BCUT2D eigenvalue weighted by Crippen LogP contribution is 2.03. The van der Waals surface area contributed by atoms with Crippen LogP contribution in [0.2, 0.25) is 0 Å². The molecule has 2 aromatic rings. The number of guanidine groups is 1. The van der Waals surface area contributed by atoms with Crippen molar-refractivity contribution in [3.63, 3.8) is 0 Å². The molecule has 1 aromatic carbocycles. The van der Waals surface area contributed by atoms with Crippen LogP contribution in [0.5, 0.6) is 0 Å².